The number of nitrogens with one attached hydrogen (secondary N) is 1. The van der Waals surface area contributed by atoms with E-state index in [0.29, 0.717) is 17.1 Å². The van der Waals surface area contributed by atoms with E-state index in [9.17, 15) is 4.79 Å². The third-order valence-corrected chi connectivity index (χ3v) is 3.26. The number of nitrogens with zero attached hydrogens (tertiary/aromatic N) is 1. The summed E-state index contributed by atoms with van der Waals surface area (Å²) >= 11 is 7.51. The molecular weight excluding hydrogens is 256 g/mol. The van der Waals surface area contributed by atoms with Gasteiger partial charge in [-0.1, -0.05) is 11.6 Å². The molecule has 3 nitrogen and oxygen atoms in total. The summed E-state index contributed by atoms with van der Waals surface area (Å²) in [5, 5.41) is 11.7. The molecule has 1 amide bonds. The third-order valence-electron chi connectivity index (χ3n) is 2.21. The molecule has 0 aliphatic heterocycles. The SMILES string of the molecule is CSc1ccc(Cl)c(C(=O)NCC(C)C#N)c1. The van der Waals surface area contributed by atoms with E-state index in [1.165, 1.54) is 0 Å². The van der Waals surface area contributed by atoms with Gasteiger partial charge in [0.25, 0.3) is 5.91 Å². The Balaban J connectivity index is 2.78. The van der Waals surface area contributed by atoms with Crippen molar-refractivity contribution < 1.29 is 4.79 Å². The van der Waals surface area contributed by atoms with Crippen molar-refractivity contribution in [2.45, 2.75) is 11.8 Å². The number of rotatable bonds is 4. The number of carbonyl (C=O) groups is 1. The van der Waals surface area contributed by atoms with Gasteiger partial charge in [-0.25, -0.2) is 0 Å². The molecule has 90 valence electrons. The van der Waals surface area contributed by atoms with E-state index in [0.717, 1.165) is 4.90 Å². The Morgan fingerprint density at radius 3 is 2.94 bits per heavy atom. The van der Waals surface area contributed by atoms with Crippen LogP contribution in [0.5, 0.6) is 0 Å². The number of hydrogen-bond donors (Lipinski definition) is 1. The zero-order valence-electron chi connectivity index (χ0n) is 9.66. The molecule has 0 saturated heterocycles. The molecule has 1 unspecified atom stereocenters. The van der Waals surface area contributed by atoms with Crippen LogP contribution < -0.4 is 5.32 Å². The van der Waals surface area contributed by atoms with Gasteiger partial charge in [0, 0.05) is 11.4 Å². The number of carbonyl (C=O) groups excluding carboxylic acids is 1. The summed E-state index contributed by atoms with van der Waals surface area (Å²) in [6.45, 7) is 2.08. The van der Waals surface area contributed by atoms with Crippen molar-refractivity contribution in [3.63, 3.8) is 0 Å². The fraction of sp³-hybridized carbons (Fsp3) is 0.333. The molecule has 0 radical (unpaired) electrons. The molecule has 0 bridgehead atoms. The van der Waals surface area contributed by atoms with Crippen molar-refractivity contribution in [1.82, 2.24) is 5.32 Å². The average Bonchev–Trinajstić information content (AvgIpc) is 2.36. The fourth-order valence-electron chi connectivity index (χ4n) is 1.19. The van der Waals surface area contributed by atoms with Gasteiger partial charge in [0.05, 0.1) is 22.6 Å². The van der Waals surface area contributed by atoms with Crippen LogP contribution in [0.4, 0.5) is 0 Å². The Morgan fingerprint density at radius 1 is 1.65 bits per heavy atom. The minimum Gasteiger partial charge on any atom is -0.351 e. The highest BCUT2D eigenvalue weighted by atomic mass is 35.5. The summed E-state index contributed by atoms with van der Waals surface area (Å²) in [7, 11) is 0. The van der Waals surface area contributed by atoms with Gasteiger partial charge in [0.1, 0.15) is 0 Å². The zero-order valence-corrected chi connectivity index (χ0v) is 11.2. The molecule has 17 heavy (non-hydrogen) atoms. The number of halogens is 1. The predicted molar refractivity (Wildman–Crippen MR) is 70.3 cm³/mol. The van der Waals surface area contributed by atoms with Gasteiger partial charge in [-0.15, -0.1) is 11.8 Å². The number of amides is 1. The van der Waals surface area contributed by atoms with E-state index >= 15 is 0 Å². The summed E-state index contributed by atoms with van der Waals surface area (Å²) in [6, 6.07) is 7.37. The zero-order chi connectivity index (χ0) is 12.8. The maximum atomic E-state index is 11.8. The van der Waals surface area contributed by atoms with Crippen LogP contribution in [0.2, 0.25) is 5.02 Å². The number of hydrogen-bond acceptors (Lipinski definition) is 3. The van der Waals surface area contributed by atoms with E-state index in [1.807, 2.05) is 12.3 Å². The van der Waals surface area contributed by atoms with Gasteiger partial charge in [-0.3, -0.25) is 4.79 Å². The number of benzene rings is 1. The molecule has 0 aromatic heterocycles. The van der Waals surface area contributed by atoms with Gasteiger partial charge < -0.3 is 5.32 Å². The monoisotopic (exact) mass is 268 g/mol. The molecule has 1 aromatic rings. The van der Waals surface area contributed by atoms with E-state index < -0.39 is 0 Å². The van der Waals surface area contributed by atoms with Crippen molar-refractivity contribution in [2.75, 3.05) is 12.8 Å². The third kappa shape index (κ3) is 3.95. The van der Waals surface area contributed by atoms with Gasteiger partial charge in [-0.05, 0) is 31.4 Å². The van der Waals surface area contributed by atoms with Crippen LogP contribution in [-0.2, 0) is 0 Å². The first-order valence-electron chi connectivity index (χ1n) is 5.09. The smallest absolute Gasteiger partial charge is 0.252 e. The first-order chi connectivity index (χ1) is 8.08. The topological polar surface area (TPSA) is 52.9 Å². The van der Waals surface area contributed by atoms with Gasteiger partial charge in [0.2, 0.25) is 0 Å². The summed E-state index contributed by atoms with van der Waals surface area (Å²) in [5.74, 6) is -0.450. The second kappa shape index (κ2) is 6.53. The van der Waals surface area contributed by atoms with Crippen molar-refractivity contribution >= 4 is 29.3 Å². The molecule has 5 heteroatoms. The number of thioether (sulfide) groups is 1. The first-order valence-corrected chi connectivity index (χ1v) is 6.70. The second-order valence-corrected chi connectivity index (χ2v) is 4.87. The molecule has 1 aromatic carbocycles. The van der Waals surface area contributed by atoms with E-state index in [-0.39, 0.29) is 11.8 Å². The van der Waals surface area contributed by atoms with E-state index in [4.69, 9.17) is 16.9 Å². The maximum Gasteiger partial charge on any atom is 0.252 e. The minimum atomic E-state index is -0.243. The minimum absolute atomic E-state index is 0.207. The Hall–Kier alpha value is -1.18. The van der Waals surface area contributed by atoms with Crippen molar-refractivity contribution in [2.24, 2.45) is 5.92 Å². The van der Waals surface area contributed by atoms with Crippen LogP contribution in [-0.4, -0.2) is 18.7 Å². The average molecular weight is 269 g/mol. The van der Waals surface area contributed by atoms with Crippen LogP contribution in [0, 0.1) is 17.2 Å². The molecule has 0 aliphatic carbocycles. The summed E-state index contributed by atoms with van der Waals surface area (Å²) < 4.78 is 0. The lowest BCUT2D eigenvalue weighted by atomic mass is 10.2. The molecule has 0 saturated carbocycles. The summed E-state index contributed by atoms with van der Waals surface area (Å²) in [4.78, 5) is 12.8. The van der Waals surface area contributed by atoms with E-state index in [1.54, 1.807) is 30.8 Å². The Bertz CT molecular complexity index is 456. The molecule has 0 fully saturated rings. The standard InChI is InChI=1S/C12H13ClN2OS/c1-8(6-14)7-15-12(16)10-5-9(17-2)3-4-11(10)13/h3-5,8H,7H2,1-2H3,(H,15,16). The molecule has 0 spiro atoms. The van der Waals surface area contributed by atoms with Crippen molar-refractivity contribution in [3.8, 4) is 6.07 Å². The highest BCUT2D eigenvalue weighted by Crippen LogP contribution is 2.22. The predicted octanol–water partition coefficient (Wildman–Crippen LogP) is 2.95. The lowest BCUT2D eigenvalue weighted by molar-refractivity contribution is 0.0950. The lowest BCUT2D eigenvalue weighted by Gasteiger charge is -2.08. The lowest BCUT2D eigenvalue weighted by Crippen LogP contribution is -2.28. The first kappa shape index (κ1) is 13.9. The van der Waals surface area contributed by atoms with Crippen LogP contribution in [0.1, 0.15) is 17.3 Å². The van der Waals surface area contributed by atoms with Crippen LogP contribution >= 0.6 is 23.4 Å². The Morgan fingerprint density at radius 2 is 2.35 bits per heavy atom. The second-order valence-electron chi connectivity index (χ2n) is 3.59. The van der Waals surface area contributed by atoms with Crippen LogP contribution in [0.15, 0.2) is 23.1 Å². The van der Waals surface area contributed by atoms with Crippen molar-refractivity contribution in [3.05, 3.63) is 28.8 Å². The molecule has 1 N–H and O–H groups in total. The summed E-state index contributed by atoms with van der Waals surface area (Å²) in [6.07, 6.45) is 1.93. The molecule has 1 rings (SSSR count). The van der Waals surface area contributed by atoms with Crippen LogP contribution in [0.3, 0.4) is 0 Å². The molecule has 0 aliphatic rings. The van der Waals surface area contributed by atoms with Gasteiger partial charge in [-0.2, -0.15) is 5.26 Å². The van der Waals surface area contributed by atoms with Crippen LogP contribution in [0.25, 0.3) is 0 Å². The highest BCUT2D eigenvalue weighted by Gasteiger charge is 2.11. The van der Waals surface area contributed by atoms with Crippen molar-refractivity contribution in [1.29, 1.82) is 5.26 Å². The maximum absolute atomic E-state index is 11.8. The Kier molecular flexibility index (Phi) is 5.33. The Labute approximate surface area is 110 Å². The summed E-state index contributed by atoms with van der Waals surface area (Å²) in [5.41, 5.74) is 0.448. The highest BCUT2D eigenvalue weighted by molar-refractivity contribution is 7.98. The van der Waals surface area contributed by atoms with Gasteiger partial charge in [0.15, 0.2) is 0 Å². The van der Waals surface area contributed by atoms with Gasteiger partial charge >= 0.3 is 0 Å². The molecule has 1 atom stereocenters. The van der Waals surface area contributed by atoms with E-state index in [2.05, 4.69) is 11.4 Å². The number of nitriles is 1. The molecule has 0 heterocycles. The normalized spacial score (nSPS) is 11.6. The quantitative estimate of drug-likeness (QED) is 0.854. The fourth-order valence-corrected chi connectivity index (χ4v) is 1.84. The molecular formula is C12H13ClN2OS. The largest absolute Gasteiger partial charge is 0.351 e.